The highest BCUT2D eigenvalue weighted by molar-refractivity contribution is 14.1. The molecule has 0 unspecified atom stereocenters. The van der Waals surface area contributed by atoms with E-state index in [0.29, 0.717) is 3.57 Å². The molecule has 0 heterocycles. The van der Waals surface area contributed by atoms with Gasteiger partial charge in [0.2, 0.25) is 0 Å². The van der Waals surface area contributed by atoms with Crippen LogP contribution in [-0.4, -0.2) is 17.2 Å². The molecule has 0 saturated carbocycles. The van der Waals surface area contributed by atoms with E-state index in [4.69, 9.17) is 10.0 Å². The number of halogens is 3. The smallest absolute Gasteiger partial charge is 0.423 e. The Bertz CT molecular complexity index is 306. The minimum absolute atomic E-state index is 0.233. The molecule has 1 rings (SSSR count). The first-order valence-electron chi connectivity index (χ1n) is 3.03. The maximum absolute atomic E-state index is 12.9. The zero-order chi connectivity index (χ0) is 9.30. The predicted octanol–water partition coefficient (Wildman–Crippen LogP) is 0.715. The van der Waals surface area contributed by atoms with Gasteiger partial charge in [-0.3, -0.25) is 0 Å². The van der Waals surface area contributed by atoms with E-state index < -0.39 is 12.9 Å². The first-order valence-corrected chi connectivity index (χ1v) is 5.19. The largest absolute Gasteiger partial charge is 0.490 e. The van der Waals surface area contributed by atoms with Crippen LogP contribution in [0.4, 0.5) is 4.39 Å². The van der Waals surface area contributed by atoms with Crippen molar-refractivity contribution in [3.05, 3.63) is 25.1 Å². The summed E-state index contributed by atoms with van der Waals surface area (Å²) in [6, 6.07) is 2.81. The van der Waals surface area contributed by atoms with E-state index in [1.54, 1.807) is 22.6 Å². The van der Waals surface area contributed by atoms with E-state index in [-0.39, 0.29) is 9.03 Å². The van der Waals surface area contributed by atoms with Gasteiger partial charge in [-0.25, -0.2) is 4.39 Å². The summed E-state index contributed by atoms with van der Waals surface area (Å²) in [6.07, 6.45) is 0. The highest BCUT2D eigenvalue weighted by Crippen LogP contribution is 2.12. The highest BCUT2D eigenvalue weighted by Gasteiger charge is 2.20. The van der Waals surface area contributed by atoms with Gasteiger partial charge in [-0.15, -0.1) is 0 Å². The summed E-state index contributed by atoms with van der Waals surface area (Å²) in [7, 11) is -1.61. The van der Waals surface area contributed by atoms with Gasteiger partial charge in [0.1, 0.15) is 5.82 Å². The van der Waals surface area contributed by atoms with Crippen LogP contribution in [0.15, 0.2) is 12.1 Å². The molecule has 0 spiro atoms. The maximum atomic E-state index is 12.9. The van der Waals surface area contributed by atoms with E-state index in [9.17, 15) is 4.39 Å². The van der Waals surface area contributed by atoms with Crippen molar-refractivity contribution in [1.82, 2.24) is 0 Å². The van der Waals surface area contributed by atoms with E-state index in [0.717, 1.165) is 0 Å². The van der Waals surface area contributed by atoms with Crippen molar-refractivity contribution in [3.63, 3.8) is 0 Å². The summed E-state index contributed by atoms with van der Waals surface area (Å²) in [4.78, 5) is 0. The van der Waals surface area contributed by atoms with Crippen LogP contribution in [0.3, 0.4) is 0 Å². The molecule has 0 fully saturated rings. The summed E-state index contributed by atoms with van der Waals surface area (Å²) in [5.41, 5.74) is 0.233. The highest BCUT2D eigenvalue weighted by atomic mass is 127. The molecule has 2 N–H and O–H groups in total. The van der Waals surface area contributed by atoms with Crippen LogP contribution < -0.4 is 5.46 Å². The lowest BCUT2D eigenvalue weighted by Crippen LogP contribution is -2.35. The molecule has 0 aliphatic heterocycles. The van der Waals surface area contributed by atoms with Gasteiger partial charge in [0.25, 0.3) is 0 Å². The molecule has 0 radical (unpaired) electrons. The second-order valence-corrected chi connectivity index (χ2v) is 4.37. The molecule has 0 aliphatic rings. The van der Waals surface area contributed by atoms with Gasteiger partial charge >= 0.3 is 7.12 Å². The van der Waals surface area contributed by atoms with Crippen LogP contribution in [0.5, 0.6) is 0 Å². The van der Waals surface area contributed by atoms with E-state index in [2.05, 4.69) is 0 Å². The molecule has 0 aliphatic carbocycles. The summed E-state index contributed by atoms with van der Waals surface area (Å²) in [5.74, 6) is -0.431. The molecule has 0 bridgehead atoms. The predicted molar refractivity (Wildman–Crippen MR) is 61.7 cm³/mol. The van der Waals surface area contributed by atoms with Crippen LogP contribution in [0.25, 0.3) is 0 Å². The Morgan fingerprint density at radius 3 is 2.25 bits per heavy atom. The van der Waals surface area contributed by atoms with Gasteiger partial charge in [0, 0.05) is 12.6 Å². The molecule has 0 aromatic heterocycles. The first kappa shape index (κ1) is 10.7. The fourth-order valence-corrected chi connectivity index (χ4v) is 2.77. The molecule has 64 valence electrons. The second kappa shape index (κ2) is 4.20. The van der Waals surface area contributed by atoms with Gasteiger partial charge < -0.3 is 10.0 Å². The molecule has 0 atom stereocenters. The first-order chi connectivity index (χ1) is 5.54. The van der Waals surface area contributed by atoms with Crippen molar-refractivity contribution in [3.8, 4) is 0 Å². The zero-order valence-electron chi connectivity index (χ0n) is 5.76. The van der Waals surface area contributed by atoms with Gasteiger partial charge in [-0.1, -0.05) is 0 Å². The summed E-state index contributed by atoms with van der Waals surface area (Å²) >= 11 is 3.67. The average molecular weight is 392 g/mol. The molecule has 6 heteroatoms. The summed E-state index contributed by atoms with van der Waals surface area (Å²) in [5, 5.41) is 17.8. The quantitative estimate of drug-likeness (QED) is 0.421. The topological polar surface area (TPSA) is 40.5 Å². The van der Waals surface area contributed by atoms with Crippen LogP contribution >= 0.6 is 45.2 Å². The molecule has 0 amide bonds. The Labute approximate surface area is 96.6 Å². The summed E-state index contributed by atoms with van der Waals surface area (Å²) < 4.78 is 13.8. The van der Waals surface area contributed by atoms with E-state index in [1.807, 2.05) is 22.6 Å². The molecule has 0 saturated heterocycles. The third-order valence-electron chi connectivity index (χ3n) is 1.34. The standard InChI is InChI=1S/C6H4BFI2O2/c8-3-1-2-4(9)5(6(3)10)7(11)12/h1-2,11-12H. The summed E-state index contributed by atoms with van der Waals surface area (Å²) in [6.45, 7) is 0. The van der Waals surface area contributed by atoms with Gasteiger partial charge in [-0.2, -0.15) is 0 Å². The van der Waals surface area contributed by atoms with Gasteiger partial charge in [0.05, 0.1) is 0 Å². The molecular formula is C6H4BFI2O2. The monoisotopic (exact) mass is 392 g/mol. The normalized spacial score (nSPS) is 10.1. The Morgan fingerprint density at radius 2 is 1.83 bits per heavy atom. The molecule has 2 nitrogen and oxygen atoms in total. The lowest BCUT2D eigenvalue weighted by atomic mass is 9.80. The average Bonchev–Trinajstić information content (AvgIpc) is 1.97. The van der Waals surface area contributed by atoms with E-state index in [1.165, 1.54) is 12.1 Å². The van der Waals surface area contributed by atoms with Crippen molar-refractivity contribution >= 4 is 57.8 Å². The Balaban J connectivity index is 3.33. The molecule has 12 heavy (non-hydrogen) atoms. The fourth-order valence-electron chi connectivity index (χ4n) is 0.779. The zero-order valence-corrected chi connectivity index (χ0v) is 10.1. The third-order valence-corrected chi connectivity index (χ3v) is 3.37. The van der Waals surface area contributed by atoms with Crippen molar-refractivity contribution in [1.29, 1.82) is 0 Å². The van der Waals surface area contributed by atoms with Crippen molar-refractivity contribution in [2.75, 3.05) is 0 Å². The molecule has 1 aromatic rings. The van der Waals surface area contributed by atoms with Gasteiger partial charge in [0.15, 0.2) is 0 Å². The van der Waals surface area contributed by atoms with Crippen LogP contribution in [0.2, 0.25) is 0 Å². The molecule has 1 aromatic carbocycles. The number of hydrogen-bond donors (Lipinski definition) is 2. The Morgan fingerprint density at radius 1 is 1.25 bits per heavy atom. The molecular weight excluding hydrogens is 388 g/mol. The van der Waals surface area contributed by atoms with Crippen LogP contribution in [0, 0.1) is 13.0 Å². The van der Waals surface area contributed by atoms with Gasteiger partial charge in [-0.05, 0) is 57.3 Å². The number of benzene rings is 1. The SMILES string of the molecule is OB(O)c1c(I)ccc(F)c1I. The maximum Gasteiger partial charge on any atom is 0.490 e. The lowest BCUT2D eigenvalue weighted by Gasteiger charge is -2.06. The number of rotatable bonds is 1. The fraction of sp³-hybridized carbons (Fsp3) is 0. The van der Waals surface area contributed by atoms with E-state index >= 15 is 0 Å². The third kappa shape index (κ3) is 2.09. The minimum Gasteiger partial charge on any atom is -0.423 e. The Kier molecular flexibility index (Phi) is 3.74. The van der Waals surface area contributed by atoms with Crippen molar-refractivity contribution in [2.45, 2.75) is 0 Å². The second-order valence-electron chi connectivity index (χ2n) is 2.13. The van der Waals surface area contributed by atoms with Crippen LogP contribution in [-0.2, 0) is 0 Å². The van der Waals surface area contributed by atoms with Crippen molar-refractivity contribution < 1.29 is 14.4 Å². The lowest BCUT2D eigenvalue weighted by molar-refractivity contribution is 0.424. The van der Waals surface area contributed by atoms with Crippen LogP contribution in [0.1, 0.15) is 0 Å². The number of hydrogen-bond acceptors (Lipinski definition) is 2. The minimum atomic E-state index is -1.61. The van der Waals surface area contributed by atoms with Crippen molar-refractivity contribution in [2.24, 2.45) is 0 Å². The Hall–Kier alpha value is 0.595.